The normalized spacial score (nSPS) is 11.4. The van der Waals surface area contributed by atoms with Crippen molar-refractivity contribution in [3.63, 3.8) is 0 Å². The highest BCUT2D eigenvalue weighted by molar-refractivity contribution is 8.14. The number of carbonyl (C=O) groups is 1. The van der Waals surface area contributed by atoms with Crippen LogP contribution in [-0.4, -0.2) is 14.2 Å². The summed E-state index contributed by atoms with van der Waals surface area (Å²) < 4.78 is 22.1. The van der Waals surface area contributed by atoms with Crippen LogP contribution in [0.15, 0.2) is 28.0 Å². The summed E-state index contributed by atoms with van der Waals surface area (Å²) in [5.41, 5.74) is 0.294. The molecule has 0 aromatic heterocycles. The molecule has 3 nitrogen and oxygen atoms in total. The summed E-state index contributed by atoms with van der Waals surface area (Å²) >= 11 is 3.93. The third-order valence-corrected chi connectivity index (χ3v) is 3.53. The molecule has 1 aromatic carbocycles. The molecule has 0 aliphatic rings. The fraction of sp³-hybridized carbons (Fsp3) is 0.125. The van der Waals surface area contributed by atoms with Crippen LogP contribution in [-0.2, 0) is 9.05 Å². The topological polar surface area (TPSA) is 51.2 Å². The molecule has 0 bridgehead atoms. The molecule has 1 aromatic rings. The second-order valence-corrected chi connectivity index (χ2v) is 5.69. The summed E-state index contributed by atoms with van der Waals surface area (Å²) in [5.74, 6) is -0.222. The van der Waals surface area contributed by atoms with E-state index in [9.17, 15) is 13.2 Å². The third-order valence-electron chi connectivity index (χ3n) is 1.63. The van der Waals surface area contributed by atoms with Crippen molar-refractivity contribution in [3.05, 3.63) is 23.8 Å². The molecule has 14 heavy (non-hydrogen) atoms. The van der Waals surface area contributed by atoms with Gasteiger partial charge in [-0.3, -0.25) is 4.79 Å². The van der Waals surface area contributed by atoms with Gasteiger partial charge in [-0.25, -0.2) is 8.42 Å². The molecule has 0 amide bonds. The van der Waals surface area contributed by atoms with E-state index in [1.165, 1.54) is 25.1 Å². The maximum Gasteiger partial charge on any atom is 0.262 e. The van der Waals surface area contributed by atoms with E-state index in [0.717, 1.165) is 0 Å². The van der Waals surface area contributed by atoms with E-state index in [2.05, 4.69) is 12.6 Å². The summed E-state index contributed by atoms with van der Waals surface area (Å²) in [6.07, 6.45) is 0. The minimum absolute atomic E-state index is 0.143. The van der Waals surface area contributed by atoms with Crippen molar-refractivity contribution in [2.75, 3.05) is 0 Å². The molecular formula is C8H7ClO3S2. The van der Waals surface area contributed by atoms with Crippen molar-refractivity contribution in [2.45, 2.75) is 16.7 Å². The van der Waals surface area contributed by atoms with Crippen molar-refractivity contribution in [1.82, 2.24) is 0 Å². The van der Waals surface area contributed by atoms with Crippen LogP contribution in [0.3, 0.4) is 0 Å². The first kappa shape index (κ1) is 11.6. The van der Waals surface area contributed by atoms with Crippen molar-refractivity contribution in [3.8, 4) is 0 Å². The Morgan fingerprint density at radius 1 is 1.43 bits per heavy atom. The van der Waals surface area contributed by atoms with E-state index in [0.29, 0.717) is 5.56 Å². The summed E-state index contributed by atoms with van der Waals surface area (Å²) in [7, 11) is 1.31. The van der Waals surface area contributed by atoms with E-state index < -0.39 is 9.05 Å². The van der Waals surface area contributed by atoms with Crippen LogP contribution in [0.1, 0.15) is 17.3 Å². The Balaban J connectivity index is 3.44. The first-order valence-electron chi connectivity index (χ1n) is 3.61. The molecule has 76 valence electrons. The first-order valence-corrected chi connectivity index (χ1v) is 6.36. The van der Waals surface area contributed by atoms with Crippen molar-refractivity contribution in [1.29, 1.82) is 0 Å². The maximum atomic E-state index is 11.0. The average Bonchev–Trinajstić information content (AvgIpc) is 2.02. The minimum atomic E-state index is -3.85. The van der Waals surface area contributed by atoms with Gasteiger partial charge in [0.05, 0.1) is 4.90 Å². The molecule has 0 radical (unpaired) electrons. The van der Waals surface area contributed by atoms with Gasteiger partial charge in [-0.05, 0) is 19.1 Å². The van der Waals surface area contributed by atoms with Crippen LogP contribution >= 0.6 is 23.3 Å². The van der Waals surface area contributed by atoms with E-state index in [1.807, 2.05) is 0 Å². The molecule has 0 fully saturated rings. The van der Waals surface area contributed by atoms with E-state index >= 15 is 0 Å². The Bertz CT molecular complexity index is 479. The summed E-state index contributed by atoms with van der Waals surface area (Å²) in [5, 5.41) is 0. The standard InChI is InChI=1S/C8H7ClO3S2/c1-5(10)6-2-3-7(13)8(4-6)14(9,11)12/h2-4,13H,1H3. The van der Waals surface area contributed by atoms with Crippen LogP contribution in [0.2, 0.25) is 0 Å². The summed E-state index contributed by atoms with van der Waals surface area (Å²) in [4.78, 5) is 11.1. The highest BCUT2D eigenvalue weighted by Gasteiger charge is 2.15. The van der Waals surface area contributed by atoms with Gasteiger partial charge in [0.1, 0.15) is 0 Å². The van der Waals surface area contributed by atoms with Gasteiger partial charge in [0, 0.05) is 21.1 Å². The molecular weight excluding hydrogens is 244 g/mol. The second kappa shape index (κ2) is 3.92. The van der Waals surface area contributed by atoms with E-state index in [-0.39, 0.29) is 15.6 Å². The van der Waals surface area contributed by atoms with Crippen LogP contribution < -0.4 is 0 Å². The lowest BCUT2D eigenvalue weighted by Crippen LogP contribution is -1.98. The molecule has 0 unspecified atom stereocenters. The Hall–Kier alpha value is -0.520. The van der Waals surface area contributed by atoms with Crippen molar-refractivity contribution < 1.29 is 13.2 Å². The molecule has 0 N–H and O–H groups in total. The molecule has 0 saturated heterocycles. The average molecular weight is 251 g/mol. The lowest BCUT2D eigenvalue weighted by molar-refractivity contribution is 0.101. The van der Waals surface area contributed by atoms with E-state index in [1.54, 1.807) is 0 Å². The number of rotatable bonds is 2. The number of Topliss-reactive ketones (excluding diaryl/α,β-unsaturated/α-hetero) is 1. The quantitative estimate of drug-likeness (QED) is 0.497. The highest BCUT2D eigenvalue weighted by atomic mass is 35.7. The second-order valence-electron chi connectivity index (χ2n) is 2.68. The first-order chi connectivity index (χ1) is 6.32. The lowest BCUT2D eigenvalue weighted by atomic mass is 10.1. The Kier molecular flexibility index (Phi) is 3.24. The van der Waals surface area contributed by atoms with Gasteiger partial charge in [-0.15, -0.1) is 12.6 Å². The number of halogens is 1. The zero-order valence-electron chi connectivity index (χ0n) is 7.19. The SMILES string of the molecule is CC(=O)c1ccc(S)c(S(=O)(=O)Cl)c1. The van der Waals surface area contributed by atoms with Crippen LogP contribution in [0.4, 0.5) is 0 Å². The molecule has 0 saturated carbocycles. The van der Waals surface area contributed by atoms with Crippen LogP contribution in [0.5, 0.6) is 0 Å². The van der Waals surface area contributed by atoms with Gasteiger partial charge in [0.2, 0.25) is 0 Å². The lowest BCUT2D eigenvalue weighted by Gasteiger charge is -2.02. The molecule has 1 rings (SSSR count). The number of thiol groups is 1. The molecule has 0 atom stereocenters. The zero-order valence-corrected chi connectivity index (χ0v) is 9.66. The third kappa shape index (κ3) is 2.50. The molecule has 6 heteroatoms. The van der Waals surface area contributed by atoms with Gasteiger partial charge in [0.25, 0.3) is 9.05 Å². The highest BCUT2D eigenvalue weighted by Crippen LogP contribution is 2.24. The van der Waals surface area contributed by atoms with Crippen molar-refractivity contribution in [2.24, 2.45) is 0 Å². The van der Waals surface area contributed by atoms with E-state index in [4.69, 9.17) is 10.7 Å². The Morgan fingerprint density at radius 3 is 2.43 bits per heavy atom. The van der Waals surface area contributed by atoms with Crippen molar-refractivity contribution >= 4 is 38.1 Å². The number of carbonyl (C=O) groups excluding carboxylic acids is 1. The molecule has 0 aliphatic carbocycles. The number of hydrogen-bond acceptors (Lipinski definition) is 4. The molecule has 0 heterocycles. The number of benzene rings is 1. The number of ketones is 1. The Morgan fingerprint density at radius 2 is 2.00 bits per heavy atom. The minimum Gasteiger partial charge on any atom is -0.295 e. The maximum absolute atomic E-state index is 11.0. The van der Waals surface area contributed by atoms with Crippen LogP contribution in [0, 0.1) is 0 Å². The van der Waals surface area contributed by atoms with Gasteiger partial charge in [-0.1, -0.05) is 6.07 Å². The fourth-order valence-corrected chi connectivity index (χ4v) is 2.56. The zero-order chi connectivity index (χ0) is 10.9. The summed E-state index contributed by atoms with van der Waals surface area (Å²) in [6.45, 7) is 1.35. The summed E-state index contributed by atoms with van der Waals surface area (Å²) in [6, 6.07) is 4.14. The smallest absolute Gasteiger partial charge is 0.262 e. The van der Waals surface area contributed by atoms with Gasteiger partial charge in [0.15, 0.2) is 5.78 Å². The predicted octanol–water partition coefficient (Wildman–Crippen LogP) is 2.11. The van der Waals surface area contributed by atoms with Crippen LogP contribution in [0.25, 0.3) is 0 Å². The van der Waals surface area contributed by atoms with Gasteiger partial charge >= 0.3 is 0 Å². The number of hydrogen-bond donors (Lipinski definition) is 1. The monoisotopic (exact) mass is 250 g/mol. The fourth-order valence-electron chi connectivity index (χ4n) is 0.928. The Labute approximate surface area is 91.9 Å². The molecule has 0 aliphatic heterocycles. The molecule has 0 spiro atoms. The van der Waals surface area contributed by atoms with Gasteiger partial charge < -0.3 is 0 Å². The van der Waals surface area contributed by atoms with Gasteiger partial charge in [-0.2, -0.15) is 0 Å². The predicted molar refractivity (Wildman–Crippen MR) is 56.7 cm³/mol. The largest absolute Gasteiger partial charge is 0.295 e.